The molecule has 2 amide bonds. The van der Waals surface area contributed by atoms with Crippen molar-refractivity contribution in [3.8, 4) is 0 Å². The van der Waals surface area contributed by atoms with E-state index in [2.05, 4.69) is 15.7 Å². The van der Waals surface area contributed by atoms with E-state index in [1.807, 2.05) is 13.2 Å². The Bertz CT molecular complexity index is 711. The third-order valence-electron chi connectivity index (χ3n) is 3.36. The topological polar surface area (TPSA) is 102 Å². The third-order valence-corrected chi connectivity index (χ3v) is 3.36. The van der Waals surface area contributed by atoms with Crippen LogP contribution >= 0.6 is 0 Å². The molecule has 0 unspecified atom stereocenters. The SMILES string of the molecule is Cc1cc([N+](=O)[O-])ccc1NC(=O)NCCCc1cnn(C)c1. The Morgan fingerprint density at radius 1 is 1.43 bits per heavy atom. The number of aryl methyl sites for hydroxylation is 3. The quantitative estimate of drug-likeness (QED) is 0.485. The van der Waals surface area contributed by atoms with Gasteiger partial charge < -0.3 is 10.6 Å². The summed E-state index contributed by atoms with van der Waals surface area (Å²) in [7, 11) is 1.86. The van der Waals surface area contributed by atoms with E-state index in [9.17, 15) is 14.9 Å². The molecule has 1 aromatic carbocycles. The summed E-state index contributed by atoms with van der Waals surface area (Å²) in [6.07, 6.45) is 5.39. The van der Waals surface area contributed by atoms with Crippen LogP contribution in [0.4, 0.5) is 16.2 Å². The number of non-ortho nitro benzene ring substituents is 1. The summed E-state index contributed by atoms with van der Waals surface area (Å²) in [5, 5.41) is 20.2. The first-order chi connectivity index (χ1) is 11.0. The Balaban J connectivity index is 1.77. The summed E-state index contributed by atoms with van der Waals surface area (Å²) in [5.74, 6) is 0. The summed E-state index contributed by atoms with van der Waals surface area (Å²) in [6.45, 7) is 2.25. The fraction of sp³-hybridized carbons (Fsp3) is 0.333. The van der Waals surface area contributed by atoms with Crippen molar-refractivity contribution in [1.29, 1.82) is 0 Å². The minimum Gasteiger partial charge on any atom is -0.338 e. The summed E-state index contributed by atoms with van der Waals surface area (Å²) >= 11 is 0. The standard InChI is InChI=1S/C15H19N5O3/c1-11-8-13(20(22)23)5-6-14(11)18-15(21)16-7-3-4-12-9-17-19(2)10-12/h5-6,8-10H,3-4,7H2,1-2H3,(H2,16,18,21). The zero-order valence-corrected chi connectivity index (χ0v) is 13.1. The lowest BCUT2D eigenvalue weighted by Gasteiger charge is -2.09. The van der Waals surface area contributed by atoms with Gasteiger partial charge in [0.1, 0.15) is 0 Å². The highest BCUT2D eigenvalue weighted by Crippen LogP contribution is 2.20. The molecule has 0 aliphatic heterocycles. The molecule has 1 heterocycles. The van der Waals surface area contributed by atoms with Crippen LogP contribution in [-0.2, 0) is 13.5 Å². The Morgan fingerprint density at radius 2 is 2.22 bits per heavy atom. The van der Waals surface area contributed by atoms with Crippen LogP contribution in [0.15, 0.2) is 30.6 Å². The maximum atomic E-state index is 11.8. The van der Waals surface area contributed by atoms with E-state index in [1.54, 1.807) is 17.8 Å². The van der Waals surface area contributed by atoms with Crippen LogP contribution in [0.25, 0.3) is 0 Å². The molecule has 0 bridgehead atoms. The predicted molar refractivity (Wildman–Crippen MR) is 86.4 cm³/mol. The van der Waals surface area contributed by atoms with Crippen LogP contribution in [0.5, 0.6) is 0 Å². The second-order valence-corrected chi connectivity index (χ2v) is 5.26. The van der Waals surface area contributed by atoms with Crippen molar-refractivity contribution in [2.24, 2.45) is 7.05 Å². The number of nitrogens with zero attached hydrogens (tertiary/aromatic N) is 3. The average molecular weight is 317 g/mol. The third kappa shape index (κ3) is 4.80. The van der Waals surface area contributed by atoms with Gasteiger partial charge >= 0.3 is 6.03 Å². The lowest BCUT2D eigenvalue weighted by atomic mass is 10.2. The lowest BCUT2D eigenvalue weighted by Crippen LogP contribution is -2.30. The van der Waals surface area contributed by atoms with E-state index in [4.69, 9.17) is 0 Å². The highest BCUT2D eigenvalue weighted by molar-refractivity contribution is 5.90. The predicted octanol–water partition coefficient (Wildman–Crippen LogP) is 2.39. The lowest BCUT2D eigenvalue weighted by molar-refractivity contribution is -0.384. The van der Waals surface area contributed by atoms with Crippen LogP contribution in [0.2, 0.25) is 0 Å². The summed E-state index contributed by atoms with van der Waals surface area (Å²) < 4.78 is 1.74. The molecular weight excluding hydrogens is 298 g/mol. The fourth-order valence-electron chi connectivity index (χ4n) is 2.16. The zero-order valence-electron chi connectivity index (χ0n) is 13.1. The molecule has 2 N–H and O–H groups in total. The first-order valence-corrected chi connectivity index (χ1v) is 7.23. The van der Waals surface area contributed by atoms with Gasteiger partial charge in [0, 0.05) is 37.6 Å². The number of hydrogen-bond acceptors (Lipinski definition) is 4. The van der Waals surface area contributed by atoms with E-state index < -0.39 is 4.92 Å². The van der Waals surface area contributed by atoms with Crippen molar-refractivity contribution in [3.63, 3.8) is 0 Å². The number of aromatic nitrogens is 2. The molecule has 0 atom stereocenters. The fourth-order valence-corrected chi connectivity index (χ4v) is 2.16. The number of carbonyl (C=O) groups excluding carboxylic acids is 1. The molecule has 8 heteroatoms. The average Bonchev–Trinajstić information content (AvgIpc) is 2.91. The molecule has 0 fully saturated rings. The number of nitro groups is 1. The Kier molecular flexibility index (Phi) is 5.29. The van der Waals surface area contributed by atoms with Crippen molar-refractivity contribution in [2.75, 3.05) is 11.9 Å². The molecule has 23 heavy (non-hydrogen) atoms. The van der Waals surface area contributed by atoms with Crippen molar-refractivity contribution in [1.82, 2.24) is 15.1 Å². The minimum atomic E-state index is -0.463. The Labute approximate surface area is 133 Å². The molecule has 0 saturated heterocycles. The van der Waals surface area contributed by atoms with Gasteiger partial charge in [-0.15, -0.1) is 0 Å². The molecular formula is C15H19N5O3. The van der Waals surface area contributed by atoms with Gasteiger partial charge in [0.15, 0.2) is 0 Å². The summed E-state index contributed by atoms with van der Waals surface area (Å²) in [6, 6.07) is 4.00. The molecule has 0 saturated carbocycles. The smallest absolute Gasteiger partial charge is 0.319 e. The molecule has 1 aromatic heterocycles. The largest absolute Gasteiger partial charge is 0.338 e. The second kappa shape index (κ2) is 7.39. The number of benzene rings is 1. The van der Waals surface area contributed by atoms with E-state index in [0.717, 1.165) is 18.4 Å². The number of nitro benzene ring substituents is 1. The van der Waals surface area contributed by atoms with Crippen molar-refractivity contribution >= 4 is 17.4 Å². The van der Waals surface area contributed by atoms with Gasteiger partial charge in [0.2, 0.25) is 0 Å². The molecule has 122 valence electrons. The maximum Gasteiger partial charge on any atom is 0.319 e. The number of anilines is 1. The molecule has 2 aromatic rings. The van der Waals surface area contributed by atoms with E-state index in [0.29, 0.717) is 17.8 Å². The molecule has 0 radical (unpaired) electrons. The summed E-state index contributed by atoms with van der Waals surface area (Å²) in [4.78, 5) is 22.0. The van der Waals surface area contributed by atoms with Gasteiger partial charge in [-0.05, 0) is 37.0 Å². The van der Waals surface area contributed by atoms with Crippen LogP contribution < -0.4 is 10.6 Å². The number of urea groups is 1. The van der Waals surface area contributed by atoms with Gasteiger partial charge in [-0.3, -0.25) is 14.8 Å². The van der Waals surface area contributed by atoms with Crippen LogP contribution in [-0.4, -0.2) is 27.3 Å². The number of hydrogen-bond donors (Lipinski definition) is 2. The van der Waals surface area contributed by atoms with Gasteiger partial charge in [-0.1, -0.05) is 0 Å². The van der Waals surface area contributed by atoms with Crippen molar-refractivity contribution in [3.05, 3.63) is 51.8 Å². The van der Waals surface area contributed by atoms with E-state index in [-0.39, 0.29) is 11.7 Å². The highest BCUT2D eigenvalue weighted by atomic mass is 16.6. The highest BCUT2D eigenvalue weighted by Gasteiger charge is 2.09. The van der Waals surface area contributed by atoms with Gasteiger partial charge in [-0.25, -0.2) is 4.79 Å². The second-order valence-electron chi connectivity index (χ2n) is 5.26. The Morgan fingerprint density at radius 3 is 2.83 bits per heavy atom. The molecule has 0 aliphatic carbocycles. The normalized spacial score (nSPS) is 10.3. The first kappa shape index (κ1) is 16.5. The molecule has 8 nitrogen and oxygen atoms in total. The summed E-state index contributed by atoms with van der Waals surface area (Å²) in [5.41, 5.74) is 2.33. The number of rotatable bonds is 6. The molecule has 2 rings (SSSR count). The van der Waals surface area contributed by atoms with Crippen LogP contribution in [0, 0.1) is 17.0 Å². The van der Waals surface area contributed by atoms with Crippen molar-refractivity contribution in [2.45, 2.75) is 19.8 Å². The van der Waals surface area contributed by atoms with Gasteiger partial charge in [-0.2, -0.15) is 5.10 Å². The first-order valence-electron chi connectivity index (χ1n) is 7.23. The van der Waals surface area contributed by atoms with Crippen molar-refractivity contribution < 1.29 is 9.72 Å². The monoisotopic (exact) mass is 317 g/mol. The number of amides is 2. The molecule has 0 spiro atoms. The number of carbonyl (C=O) groups is 1. The maximum absolute atomic E-state index is 11.8. The zero-order chi connectivity index (χ0) is 16.8. The van der Waals surface area contributed by atoms with Crippen LogP contribution in [0.1, 0.15) is 17.5 Å². The number of nitrogens with one attached hydrogen (secondary N) is 2. The molecule has 0 aliphatic rings. The van der Waals surface area contributed by atoms with E-state index in [1.165, 1.54) is 18.2 Å². The minimum absolute atomic E-state index is 0.00456. The van der Waals surface area contributed by atoms with Gasteiger partial charge in [0.25, 0.3) is 5.69 Å². The van der Waals surface area contributed by atoms with Crippen LogP contribution in [0.3, 0.4) is 0 Å². The van der Waals surface area contributed by atoms with Gasteiger partial charge in [0.05, 0.1) is 11.1 Å². The Hall–Kier alpha value is -2.90. The van der Waals surface area contributed by atoms with E-state index >= 15 is 0 Å².